The number of aromatic nitrogens is 2. The number of carbonyl (C=O) groups excluding carboxylic acids is 1. The van der Waals surface area contributed by atoms with Crippen molar-refractivity contribution >= 4 is 22.4 Å². The van der Waals surface area contributed by atoms with Gasteiger partial charge in [0.05, 0.1) is 18.0 Å². The molecule has 0 aliphatic rings. The number of benzene rings is 1. The zero-order valence-electron chi connectivity index (χ0n) is 11.7. The minimum Gasteiger partial charge on any atom is -0.464 e. The summed E-state index contributed by atoms with van der Waals surface area (Å²) < 4.78 is 11.2. The smallest absolute Gasteiger partial charge is 0.293 e. The number of nitrogens with zero attached hydrogens (tertiary/aromatic N) is 1. The van der Waals surface area contributed by atoms with Crippen molar-refractivity contribution < 1.29 is 14.3 Å². The van der Waals surface area contributed by atoms with Crippen LogP contribution in [0, 0.1) is 0 Å². The molecule has 1 atom stereocenters. The van der Waals surface area contributed by atoms with Crippen molar-refractivity contribution in [3.63, 3.8) is 0 Å². The van der Waals surface area contributed by atoms with Crippen LogP contribution in [0.5, 0.6) is 0 Å². The second-order valence-corrected chi connectivity index (χ2v) is 5.63. The third-order valence-corrected chi connectivity index (χ3v) is 3.51. The van der Waals surface area contributed by atoms with Gasteiger partial charge in [-0.25, -0.2) is 0 Å². The maximum absolute atomic E-state index is 10.7. The molecule has 2 aromatic rings. The lowest BCUT2D eigenvalue weighted by Crippen LogP contribution is -2.19. The number of H-pyrrole nitrogens is 1. The van der Waals surface area contributed by atoms with E-state index in [0.717, 1.165) is 21.4 Å². The van der Waals surface area contributed by atoms with Crippen molar-refractivity contribution in [2.75, 3.05) is 7.11 Å². The molecule has 0 bridgehead atoms. The van der Waals surface area contributed by atoms with Gasteiger partial charge in [0.2, 0.25) is 0 Å². The maximum Gasteiger partial charge on any atom is 0.293 e. The normalized spacial score (nSPS) is 12.1. The Morgan fingerprint density at radius 3 is 2.95 bits per heavy atom. The first kappa shape index (κ1) is 15.7. The van der Waals surface area contributed by atoms with E-state index in [1.54, 1.807) is 7.11 Å². The lowest BCUT2D eigenvalue weighted by Gasteiger charge is -2.14. The Morgan fingerprint density at radius 2 is 2.24 bits per heavy atom. The van der Waals surface area contributed by atoms with Crippen LogP contribution in [0.4, 0.5) is 0 Å². The Morgan fingerprint density at radius 1 is 1.38 bits per heavy atom. The Bertz CT molecular complexity index is 586. The molecular weight excluding hydrogens is 336 g/mol. The molecular formula is C15H17BrN2O3. The monoisotopic (exact) mass is 352 g/mol. The van der Waals surface area contributed by atoms with Crippen LogP contribution in [0.15, 0.2) is 34.8 Å². The Hall–Kier alpha value is -1.66. The van der Waals surface area contributed by atoms with E-state index < -0.39 is 0 Å². The molecule has 0 aliphatic heterocycles. The van der Waals surface area contributed by atoms with Crippen LogP contribution >= 0.6 is 15.9 Å². The van der Waals surface area contributed by atoms with E-state index in [9.17, 15) is 4.79 Å². The van der Waals surface area contributed by atoms with Gasteiger partial charge in [-0.3, -0.25) is 9.89 Å². The predicted molar refractivity (Wildman–Crippen MR) is 81.8 cm³/mol. The van der Waals surface area contributed by atoms with Crippen LogP contribution in [0.3, 0.4) is 0 Å². The van der Waals surface area contributed by atoms with Crippen molar-refractivity contribution in [2.24, 2.45) is 0 Å². The van der Waals surface area contributed by atoms with Gasteiger partial charge in [-0.2, -0.15) is 5.10 Å². The highest BCUT2D eigenvalue weighted by atomic mass is 79.9. The molecule has 112 valence electrons. The molecule has 1 aromatic carbocycles. The SMILES string of the molecule is COCc1cc(CC(Cc2cccc(Br)c2)OC=O)n[nH]1. The van der Waals surface area contributed by atoms with E-state index in [1.165, 1.54) is 0 Å². The molecule has 0 saturated heterocycles. The summed E-state index contributed by atoms with van der Waals surface area (Å²) in [6.07, 6.45) is 0.964. The fourth-order valence-corrected chi connectivity index (χ4v) is 2.60. The molecule has 2 rings (SSSR count). The van der Waals surface area contributed by atoms with Gasteiger partial charge in [-0.1, -0.05) is 28.1 Å². The number of rotatable bonds is 8. The van der Waals surface area contributed by atoms with Crippen molar-refractivity contribution in [1.29, 1.82) is 0 Å². The standard InChI is InChI=1S/C15H17BrN2O3/c1-20-9-14-7-13(17-18-14)8-15(21-10-19)6-11-3-2-4-12(16)5-11/h2-5,7,10,15H,6,8-9H2,1H3,(H,17,18). The van der Waals surface area contributed by atoms with Gasteiger partial charge >= 0.3 is 0 Å². The number of methoxy groups -OCH3 is 1. The van der Waals surface area contributed by atoms with E-state index in [4.69, 9.17) is 9.47 Å². The lowest BCUT2D eigenvalue weighted by atomic mass is 10.0. The van der Waals surface area contributed by atoms with Crippen LogP contribution in [0.2, 0.25) is 0 Å². The van der Waals surface area contributed by atoms with Gasteiger partial charge in [0, 0.05) is 24.4 Å². The summed E-state index contributed by atoms with van der Waals surface area (Å²) in [4.78, 5) is 10.7. The zero-order valence-corrected chi connectivity index (χ0v) is 13.3. The minimum atomic E-state index is -0.240. The highest BCUT2D eigenvalue weighted by Gasteiger charge is 2.14. The molecule has 1 heterocycles. The van der Waals surface area contributed by atoms with E-state index in [-0.39, 0.29) is 6.10 Å². The summed E-state index contributed by atoms with van der Waals surface area (Å²) in [7, 11) is 1.63. The van der Waals surface area contributed by atoms with E-state index in [2.05, 4.69) is 26.1 Å². The summed E-state index contributed by atoms with van der Waals surface area (Å²) in [5, 5.41) is 7.11. The Balaban J connectivity index is 2.02. The Labute approximate surface area is 131 Å². The molecule has 0 spiro atoms. The summed E-state index contributed by atoms with van der Waals surface area (Å²) in [6.45, 7) is 0.975. The van der Waals surface area contributed by atoms with Crippen molar-refractivity contribution in [2.45, 2.75) is 25.6 Å². The summed E-state index contributed by atoms with van der Waals surface area (Å²) in [6, 6.07) is 9.87. The van der Waals surface area contributed by atoms with Crippen LogP contribution in [0.25, 0.3) is 0 Å². The second-order valence-electron chi connectivity index (χ2n) is 4.71. The third-order valence-electron chi connectivity index (χ3n) is 3.02. The number of halogens is 1. The maximum atomic E-state index is 10.7. The fourth-order valence-electron chi connectivity index (χ4n) is 2.15. The average Bonchev–Trinajstić information content (AvgIpc) is 2.87. The molecule has 21 heavy (non-hydrogen) atoms. The van der Waals surface area contributed by atoms with Gasteiger partial charge in [0.25, 0.3) is 6.47 Å². The Kier molecular flexibility index (Phi) is 5.95. The van der Waals surface area contributed by atoms with Gasteiger partial charge in [0.15, 0.2) is 0 Å². The van der Waals surface area contributed by atoms with Crippen LogP contribution < -0.4 is 0 Å². The summed E-state index contributed by atoms with van der Waals surface area (Å²) in [5.41, 5.74) is 2.85. The van der Waals surface area contributed by atoms with Gasteiger partial charge in [0.1, 0.15) is 6.10 Å². The van der Waals surface area contributed by atoms with Crippen molar-refractivity contribution in [3.05, 3.63) is 51.8 Å². The van der Waals surface area contributed by atoms with E-state index in [0.29, 0.717) is 25.9 Å². The average molecular weight is 353 g/mol. The van der Waals surface area contributed by atoms with Crippen LogP contribution in [0.1, 0.15) is 17.0 Å². The minimum absolute atomic E-state index is 0.240. The van der Waals surface area contributed by atoms with E-state index >= 15 is 0 Å². The summed E-state index contributed by atoms with van der Waals surface area (Å²) >= 11 is 3.44. The number of hydrogen-bond acceptors (Lipinski definition) is 4. The van der Waals surface area contributed by atoms with Gasteiger partial charge in [-0.15, -0.1) is 0 Å². The van der Waals surface area contributed by atoms with Crippen LogP contribution in [-0.4, -0.2) is 29.9 Å². The van der Waals surface area contributed by atoms with Crippen molar-refractivity contribution in [3.8, 4) is 0 Å². The number of ether oxygens (including phenoxy) is 2. The van der Waals surface area contributed by atoms with E-state index in [1.807, 2.05) is 30.3 Å². The largest absolute Gasteiger partial charge is 0.464 e. The molecule has 1 aromatic heterocycles. The van der Waals surface area contributed by atoms with Crippen LogP contribution in [-0.2, 0) is 33.7 Å². The molecule has 1 unspecified atom stereocenters. The molecule has 1 N–H and O–H groups in total. The highest BCUT2D eigenvalue weighted by Crippen LogP contribution is 2.16. The summed E-state index contributed by atoms with van der Waals surface area (Å²) in [5.74, 6) is 0. The first-order valence-corrected chi connectivity index (χ1v) is 7.36. The number of carbonyl (C=O) groups is 1. The first-order valence-electron chi connectivity index (χ1n) is 6.57. The van der Waals surface area contributed by atoms with Gasteiger partial charge in [-0.05, 0) is 23.8 Å². The second kappa shape index (κ2) is 7.95. The zero-order chi connectivity index (χ0) is 15.1. The molecule has 6 heteroatoms. The topological polar surface area (TPSA) is 64.2 Å². The molecule has 5 nitrogen and oxygen atoms in total. The lowest BCUT2D eigenvalue weighted by molar-refractivity contribution is -0.133. The van der Waals surface area contributed by atoms with Crippen molar-refractivity contribution in [1.82, 2.24) is 10.2 Å². The molecule has 0 saturated carbocycles. The number of hydrogen-bond donors (Lipinski definition) is 1. The molecule has 0 fully saturated rings. The third kappa shape index (κ3) is 4.99. The first-order chi connectivity index (χ1) is 10.2. The number of nitrogens with one attached hydrogen (secondary N) is 1. The number of aromatic amines is 1. The highest BCUT2D eigenvalue weighted by molar-refractivity contribution is 9.10. The molecule has 0 aliphatic carbocycles. The quantitative estimate of drug-likeness (QED) is 0.741. The molecule has 0 amide bonds. The molecule has 0 radical (unpaired) electrons. The van der Waals surface area contributed by atoms with Gasteiger partial charge < -0.3 is 9.47 Å². The predicted octanol–water partition coefficient (Wildman–Crippen LogP) is 2.65. The fraction of sp³-hybridized carbons (Fsp3) is 0.333.